The Hall–Kier alpha value is -2.02. The first-order chi connectivity index (χ1) is 18.1. The van der Waals surface area contributed by atoms with Crippen LogP contribution in [-0.2, 0) is 20.0 Å². The van der Waals surface area contributed by atoms with Gasteiger partial charge in [0.15, 0.2) is 0 Å². The van der Waals surface area contributed by atoms with Crippen LogP contribution in [0.3, 0.4) is 0 Å². The van der Waals surface area contributed by atoms with Crippen molar-refractivity contribution in [2.45, 2.75) is 52.2 Å². The van der Waals surface area contributed by atoms with Crippen molar-refractivity contribution in [1.29, 1.82) is 0 Å². The van der Waals surface area contributed by atoms with Crippen molar-refractivity contribution in [1.82, 2.24) is 9.29 Å². The number of hydrogen-bond acceptors (Lipinski definition) is 7. The fraction of sp³-hybridized carbons (Fsp3) is 0.320. The molecule has 0 atom stereocenters. The number of hydrogen-bond donors (Lipinski definition) is 1. The highest BCUT2D eigenvalue weighted by atomic mass is 35.5. The summed E-state index contributed by atoms with van der Waals surface area (Å²) in [6.07, 6.45) is 3.53. The van der Waals surface area contributed by atoms with E-state index in [9.17, 15) is 16.8 Å². The van der Waals surface area contributed by atoms with Crippen LogP contribution < -0.4 is 9.46 Å². The maximum atomic E-state index is 12.9. The summed E-state index contributed by atoms with van der Waals surface area (Å²) in [5.41, 5.74) is 0. The number of rotatable bonds is 10. The number of nitrogens with one attached hydrogen (secondary N) is 1. The number of benzene rings is 2. The number of anilines is 1. The molecule has 0 bridgehead atoms. The first-order valence-corrected chi connectivity index (χ1v) is 16.5. The van der Waals surface area contributed by atoms with Gasteiger partial charge in [0.25, 0.3) is 10.0 Å². The third-order valence-corrected chi connectivity index (χ3v) is 10.7. The molecule has 1 fully saturated rings. The van der Waals surface area contributed by atoms with E-state index in [0.717, 1.165) is 30.6 Å². The fourth-order valence-corrected chi connectivity index (χ4v) is 7.96. The van der Waals surface area contributed by atoms with Gasteiger partial charge in [-0.05, 0) is 73.9 Å². The standard InChI is InChI=1S/C25H27Cl2N3O5S3/c1-2-16-35-25-22(11-13-24(28-25)29-37(31,32)23-12-6-18(26)17-21(23)27)36-19-7-9-20(10-8-19)38(33,34)30-14-4-3-5-15-30/h6-13,17H,2-5,14-16H2,1H3,(H,28,29). The van der Waals surface area contributed by atoms with Crippen LogP contribution >= 0.6 is 35.0 Å². The van der Waals surface area contributed by atoms with Gasteiger partial charge in [-0.1, -0.05) is 48.3 Å². The molecule has 0 aliphatic carbocycles. The molecule has 2 heterocycles. The molecule has 1 aliphatic rings. The van der Waals surface area contributed by atoms with Gasteiger partial charge in [-0.25, -0.2) is 16.8 Å². The molecular weight excluding hydrogens is 589 g/mol. The Morgan fingerprint density at radius 1 is 0.974 bits per heavy atom. The molecule has 38 heavy (non-hydrogen) atoms. The second-order valence-corrected chi connectivity index (χ2v) is 14.1. The van der Waals surface area contributed by atoms with E-state index in [1.165, 1.54) is 40.3 Å². The monoisotopic (exact) mass is 615 g/mol. The minimum Gasteiger partial charge on any atom is -0.477 e. The number of halogens is 2. The van der Waals surface area contributed by atoms with Crippen molar-refractivity contribution in [3.63, 3.8) is 0 Å². The average Bonchev–Trinajstić information content (AvgIpc) is 2.89. The lowest BCUT2D eigenvalue weighted by molar-refractivity contribution is 0.298. The highest BCUT2D eigenvalue weighted by Crippen LogP contribution is 2.36. The SMILES string of the molecule is CCCOc1nc(NS(=O)(=O)c2ccc(Cl)cc2Cl)ccc1Sc1ccc(S(=O)(=O)N2CCCCC2)cc1. The quantitative estimate of drug-likeness (QED) is 0.285. The van der Waals surface area contributed by atoms with Crippen LogP contribution in [0.1, 0.15) is 32.6 Å². The van der Waals surface area contributed by atoms with Crippen molar-refractivity contribution in [2.24, 2.45) is 0 Å². The van der Waals surface area contributed by atoms with Crippen LogP contribution in [-0.4, -0.2) is 45.8 Å². The third kappa shape index (κ3) is 6.94. The molecule has 8 nitrogen and oxygen atoms in total. The molecule has 1 aliphatic heterocycles. The van der Waals surface area contributed by atoms with Gasteiger partial charge in [-0.3, -0.25) is 4.72 Å². The maximum absolute atomic E-state index is 12.9. The molecule has 4 rings (SSSR count). The molecule has 0 unspecified atom stereocenters. The molecule has 1 saturated heterocycles. The highest BCUT2D eigenvalue weighted by molar-refractivity contribution is 7.99. The zero-order valence-corrected chi connectivity index (χ0v) is 24.5. The van der Waals surface area contributed by atoms with Crippen molar-refractivity contribution in [3.8, 4) is 5.88 Å². The summed E-state index contributed by atoms with van der Waals surface area (Å²) in [4.78, 5) is 5.95. The van der Waals surface area contributed by atoms with E-state index in [-0.39, 0.29) is 26.5 Å². The zero-order chi connectivity index (χ0) is 27.3. The van der Waals surface area contributed by atoms with Gasteiger partial charge >= 0.3 is 0 Å². The molecule has 2 aromatic carbocycles. The summed E-state index contributed by atoms with van der Waals surface area (Å²) < 4.78 is 61.4. The van der Waals surface area contributed by atoms with Crippen LogP contribution in [0.25, 0.3) is 0 Å². The number of aromatic nitrogens is 1. The average molecular weight is 617 g/mol. The lowest BCUT2D eigenvalue weighted by Crippen LogP contribution is -2.35. The Balaban J connectivity index is 1.54. The lowest BCUT2D eigenvalue weighted by Gasteiger charge is -2.25. The molecule has 0 saturated carbocycles. The Morgan fingerprint density at radius 3 is 2.34 bits per heavy atom. The predicted molar refractivity (Wildman–Crippen MR) is 150 cm³/mol. The van der Waals surface area contributed by atoms with E-state index in [0.29, 0.717) is 29.6 Å². The lowest BCUT2D eigenvalue weighted by atomic mass is 10.2. The fourth-order valence-electron chi connectivity index (χ4n) is 3.81. The topological polar surface area (TPSA) is 106 Å². The zero-order valence-electron chi connectivity index (χ0n) is 20.6. The van der Waals surface area contributed by atoms with Gasteiger partial charge in [0, 0.05) is 23.0 Å². The number of piperidine rings is 1. The Bertz CT molecular complexity index is 1500. The maximum Gasteiger partial charge on any atom is 0.264 e. The molecular formula is C25H27Cl2N3O5S3. The Labute approximate surface area is 237 Å². The van der Waals surface area contributed by atoms with Crippen LogP contribution in [0, 0.1) is 0 Å². The second-order valence-electron chi connectivity index (χ2n) is 8.57. The largest absolute Gasteiger partial charge is 0.477 e. The van der Waals surface area contributed by atoms with Crippen molar-refractivity contribution in [2.75, 3.05) is 24.4 Å². The first-order valence-electron chi connectivity index (χ1n) is 12.0. The van der Waals surface area contributed by atoms with Crippen LogP contribution in [0.2, 0.25) is 10.0 Å². The third-order valence-electron chi connectivity index (χ3n) is 5.69. The molecule has 13 heteroatoms. The number of sulfonamides is 2. The minimum absolute atomic E-state index is 0.00891. The van der Waals surface area contributed by atoms with Gasteiger partial charge in [-0.15, -0.1) is 0 Å². The van der Waals surface area contributed by atoms with Gasteiger partial charge in [0.05, 0.1) is 21.4 Å². The van der Waals surface area contributed by atoms with E-state index < -0.39 is 20.0 Å². The molecule has 1 aromatic heterocycles. The number of nitrogens with zero attached hydrogens (tertiary/aromatic N) is 2. The summed E-state index contributed by atoms with van der Waals surface area (Å²) in [7, 11) is -7.54. The molecule has 3 aromatic rings. The molecule has 0 radical (unpaired) electrons. The second kappa shape index (κ2) is 12.4. The predicted octanol–water partition coefficient (Wildman–Crippen LogP) is 6.30. The molecule has 0 amide bonds. The van der Waals surface area contributed by atoms with Crippen LogP contribution in [0.5, 0.6) is 5.88 Å². The Kier molecular flexibility index (Phi) is 9.49. The van der Waals surface area contributed by atoms with Crippen molar-refractivity contribution >= 4 is 60.8 Å². The number of ether oxygens (including phenoxy) is 1. The smallest absolute Gasteiger partial charge is 0.264 e. The van der Waals surface area contributed by atoms with Gasteiger partial charge in [0.2, 0.25) is 15.9 Å². The number of pyridine rings is 1. The van der Waals surface area contributed by atoms with E-state index in [1.54, 1.807) is 30.3 Å². The van der Waals surface area contributed by atoms with E-state index in [2.05, 4.69) is 9.71 Å². The van der Waals surface area contributed by atoms with E-state index in [4.69, 9.17) is 27.9 Å². The van der Waals surface area contributed by atoms with Crippen LogP contribution in [0.15, 0.2) is 74.2 Å². The van der Waals surface area contributed by atoms with Gasteiger partial charge in [-0.2, -0.15) is 9.29 Å². The van der Waals surface area contributed by atoms with Gasteiger partial charge in [0.1, 0.15) is 10.7 Å². The minimum atomic E-state index is -4.02. The van der Waals surface area contributed by atoms with E-state index >= 15 is 0 Å². The van der Waals surface area contributed by atoms with Crippen molar-refractivity contribution in [3.05, 3.63) is 64.6 Å². The highest BCUT2D eigenvalue weighted by Gasteiger charge is 2.26. The van der Waals surface area contributed by atoms with Crippen LogP contribution in [0.4, 0.5) is 5.82 Å². The molecule has 1 N–H and O–H groups in total. The summed E-state index contributed by atoms with van der Waals surface area (Å²) in [6.45, 7) is 3.42. The summed E-state index contributed by atoms with van der Waals surface area (Å²) in [6, 6.07) is 14.0. The Morgan fingerprint density at radius 2 is 1.68 bits per heavy atom. The normalized spacial score (nSPS) is 14.8. The molecule has 0 spiro atoms. The summed E-state index contributed by atoms with van der Waals surface area (Å²) in [5, 5.41) is 0.311. The molecule has 204 valence electrons. The van der Waals surface area contributed by atoms with Gasteiger partial charge < -0.3 is 4.74 Å². The summed E-state index contributed by atoms with van der Waals surface area (Å²) >= 11 is 13.3. The summed E-state index contributed by atoms with van der Waals surface area (Å²) in [5.74, 6) is 0.318. The first kappa shape index (κ1) is 29.0. The van der Waals surface area contributed by atoms with E-state index in [1.807, 2.05) is 6.92 Å². The van der Waals surface area contributed by atoms with Crippen molar-refractivity contribution < 1.29 is 21.6 Å².